The molecule has 0 radical (unpaired) electrons. The van der Waals surface area contributed by atoms with E-state index in [9.17, 15) is 9.59 Å². The summed E-state index contributed by atoms with van der Waals surface area (Å²) < 4.78 is 5.46. The van der Waals surface area contributed by atoms with Crippen LogP contribution in [0, 0.1) is 6.92 Å². The van der Waals surface area contributed by atoms with Gasteiger partial charge in [0.1, 0.15) is 0 Å². The predicted molar refractivity (Wildman–Crippen MR) is 84.5 cm³/mol. The normalized spacial score (nSPS) is 11.6. The lowest BCUT2D eigenvalue weighted by molar-refractivity contribution is -0.138. The maximum atomic E-state index is 12.3. The summed E-state index contributed by atoms with van der Waals surface area (Å²) in [4.78, 5) is 26.0. The molecule has 0 N–H and O–H groups in total. The molecule has 0 saturated heterocycles. The molecule has 2 aromatic carbocycles. The Hall–Kier alpha value is -2.62. The largest absolute Gasteiger partial charge is 0.444 e. The minimum absolute atomic E-state index is 0.272. The highest BCUT2D eigenvalue weighted by molar-refractivity contribution is 5.92. The van der Waals surface area contributed by atoms with Crippen molar-refractivity contribution in [3.8, 4) is 0 Å². The van der Waals surface area contributed by atoms with Crippen LogP contribution in [0.15, 0.2) is 54.6 Å². The monoisotopic (exact) mass is 297 g/mol. The van der Waals surface area contributed by atoms with Gasteiger partial charge in [-0.25, -0.2) is 4.79 Å². The Morgan fingerprint density at radius 3 is 2.09 bits per heavy atom. The third-order valence-electron chi connectivity index (χ3n) is 3.28. The van der Waals surface area contributed by atoms with Crippen molar-refractivity contribution >= 4 is 11.9 Å². The molecule has 1 atom stereocenters. The number of ether oxygens (including phenoxy) is 1. The van der Waals surface area contributed by atoms with Gasteiger partial charge in [-0.05, 0) is 19.1 Å². The maximum absolute atomic E-state index is 12.3. The van der Waals surface area contributed by atoms with Crippen molar-refractivity contribution in [3.05, 3.63) is 71.3 Å². The van der Waals surface area contributed by atoms with E-state index in [1.807, 2.05) is 37.3 Å². The summed E-state index contributed by atoms with van der Waals surface area (Å²) in [5, 5.41) is 0. The van der Waals surface area contributed by atoms with E-state index in [0.717, 1.165) is 5.56 Å². The molecule has 0 unspecified atom stereocenters. The van der Waals surface area contributed by atoms with Gasteiger partial charge in [0.05, 0.1) is 5.56 Å². The van der Waals surface area contributed by atoms with Crippen LogP contribution >= 0.6 is 0 Å². The minimum Gasteiger partial charge on any atom is -0.444 e. The van der Waals surface area contributed by atoms with Crippen molar-refractivity contribution in [2.45, 2.75) is 13.0 Å². The molecule has 0 fully saturated rings. The molecule has 0 aliphatic carbocycles. The van der Waals surface area contributed by atoms with Crippen molar-refractivity contribution < 1.29 is 14.3 Å². The van der Waals surface area contributed by atoms with Crippen molar-refractivity contribution in [2.75, 3.05) is 14.1 Å². The molecular formula is C18H19NO3. The van der Waals surface area contributed by atoms with Crippen LogP contribution in [0.3, 0.4) is 0 Å². The van der Waals surface area contributed by atoms with Crippen LogP contribution in [0.5, 0.6) is 0 Å². The van der Waals surface area contributed by atoms with Gasteiger partial charge < -0.3 is 9.64 Å². The topological polar surface area (TPSA) is 46.6 Å². The first-order valence-corrected chi connectivity index (χ1v) is 7.03. The third kappa shape index (κ3) is 3.73. The molecule has 2 rings (SSSR count). The summed E-state index contributed by atoms with van der Waals surface area (Å²) in [6.07, 6.45) is -0.940. The number of nitrogens with zero attached hydrogens (tertiary/aromatic N) is 1. The number of hydrogen-bond acceptors (Lipinski definition) is 3. The van der Waals surface area contributed by atoms with Gasteiger partial charge in [-0.1, -0.05) is 48.0 Å². The second-order valence-corrected chi connectivity index (χ2v) is 5.29. The zero-order valence-electron chi connectivity index (χ0n) is 12.9. The van der Waals surface area contributed by atoms with Crippen molar-refractivity contribution in [1.29, 1.82) is 0 Å². The smallest absolute Gasteiger partial charge is 0.339 e. The zero-order chi connectivity index (χ0) is 16.1. The van der Waals surface area contributed by atoms with Gasteiger partial charge >= 0.3 is 5.97 Å². The van der Waals surface area contributed by atoms with E-state index in [1.165, 1.54) is 4.90 Å². The zero-order valence-corrected chi connectivity index (χ0v) is 12.9. The first-order chi connectivity index (χ1) is 10.5. The fraction of sp³-hybridized carbons (Fsp3) is 0.222. The van der Waals surface area contributed by atoms with Gasteiger partial charge in [0.15, 0.2) is 0 Å². The Labute approximate surface area is 130 Å². The van der Waals surface area contributed by atoms with E-state index in [-0.39, 0.29) is 5.91 Å². The predicted octanol–water partition coefficient (Wildman–Crippen LogP) is 2.98. The average Bonchev–Trinajstić information content (AvgIpc) is 2.53. The van der Waals surface area contributed by atoms with Crippen LogP contribution in [0.1, 0.15) is 27.6 Å². The number of esters is 1. The van der Waals surface area contributed by atoms with Gasteiger partial charge in [-0.15, -0.1) is 0 Å². The van der Waals surface area contributed by atoms with Crippen LogP contribution in [0.4, 0.5) is 0 Å². The number of aryl methyl sites for hydroxylation is 1. The van der Waals surface area contributed by atoms with E-state index in [0.29, 0.717) is 11.1 Å². The van der Waals surface area contributed by atoms with E-state index >= 15 is 0 Å². The van der Waals surface area contributed by atoms with E-state index in [1.54, 1.807) is 38.4 Å². The Morgan fingerprint density at radius 1 is 0.955 bits per heavy atom. The van der Waals surface area contributed by atoms with Crippen molar-refractivity contribution in [2.24, 2.45) is 0 Å². The number of benzene rings is 2. The first kappa shape index (κ1) is 15.8. The van der Waals surface area contributed by atoms with Gasteiger partial charge in [-0.2, -0.15) is 0 Å². The van der Waals surface area contributed by atoms with E-state index in [4.69, 9.17) is 4.74 Å². The molecule has 114 valence electrons. The Kier molecular flexibility index (Phi) is 4.94. The number of hydrogen-bond donors (Lipinski definition) is 0. The number of amides is 1. The van der Waals surface area contributed by atoms with Crippen molar-refractivity contribution in [1.82, 2.24) is 4.90 Å². The molecule has 0 bridgehead atoms. The standard InChI is InChI=1S/C18H19NO3/c1-13-9-11-15(12-10-13)18(21)22-16(17(20)19(2)3)14-7-5-4-6-8-14/h4-12,16H,1-3H3/t16-/m0/s1. The summed E-state index contributed by atoms with van der Waals surface area (Å²) in [6.45, 7) is 1.94. The van der Waals surface area contributed by atoms with Gasteiger partial charge in [0, 0.05) is 19.7 Å². The van der Waals surface area contributed by atoms with Gasteiger partial charge in [0.25, 0.3) is 5.91 Å². The van der Waals surface area contributed by atoms with E-state index in [2.05, 4.69) is 0 Å². The van der Waals surface area contributed by atoms with Crippen LogP contribution in [-0.2, 0) is 9.53 Å². The molecule has 0 spiro atoms. The Morgan fingerprint density at radius 2 is 1.55 bits per heavy atom. The minimum atomic E-state index is -0.940. The summed E-state index contributed by atoms with van der Waals surface area (Å²) in [6, 6.07) is 16.1. The lowest BCUT2D eigenvalue weighted by Crippen LogP contribution is -2.31. The van der Waals surface area contributed by atoms with Crippen LogP contribution in [0.25, 0.3) is 0 Å². The molecule has 4 heteroatoms. The fourth-order valence-corrected chi connectivity index (χ4v) is 1.99. The average molecular weight is 297 g/mol. The summed E-state index contributed by atoms with van der Waals surface area (Å²) in [7, 11) is 3.27. The highest BCUT2D eigenvalue weighted by Gasteiger charge is 2.26. The molecule has 0 aromatic heterocycles. The first-order valence-electron chi connectivity index (χ1n) is 7.03. The van der Waals surface area contributed by atoms with E-state index < -0.39 is 12.1 Å². The van der Waals surface area contributed by atoms with Gasteiger partial charge in [0.2, 0.25) is 6.10 Å². The van der Waals surface area contributed by atoms with Gasteiger partial charge in [-0.3, -0.25) is 4.79 Å². The molecule has 4 nitrogen and oxygen atoms in total. The molecule has 0 saturated carbocycles. The Bertz CT molecular complexity index is 648. The number of rotatable bonds is 4. The second kappa shape index (κ2) is 6.89. The molecule has 1 amide bonds. The lowest BCUT2D eigenvalue weighted by Gasteiger charge is -2.21. The molecule has 2 aromatic rings. The third-order valence-corrected chi connectivity index (χ3v) is 3.28. The lowest BCUT2D eigenvalue weighted by atomic mass is 10.1. The number of likely N-dealkylation sites (N-methyl/N-ethyl adjacent to an activating group) is 1. The quantitative estimate of drug-likeness (QED) is 0.815. The molecule has 0 aliphatic rings. The maximum Gasteiger partial charge on any atom is 0.339 e. The summed E-state index contributed by atoms with van der Waals surface area (Å²) >= 11 is 0. The highest BCUT2D eigenvalue weighted by atomic mass is 16.5. The Balaban J connectivity index is 2.25. The highest BCUT2D eigenvalue weighted by Crippen LogP contribution is 2.21. The molecular weight excluding hydrogens is 278 g/mol. The summed E-state index contributed by atoms with van der Waals surface area (Å²) in [5.74, 6) is -0.782. The number of carbonyl (C=O) groups excluding carboxylic acids is 2. The molecule has 0 heterocycles. The number of carbonyl (C=O) groups is 2. The summed E-state index contributed by atoms with van der Waals surface area (Å²) in [5.41, 5.74) is 2.14. The molecule has 22 heavy (non-hydrogen) atoms. The molecule has 0 aliphatic heterocycles. The van der Waals surface area contributed by atoms with Crippen LogP contribution in [0.2, 0.25) is 0 Å². The fourth-order valence-electron chi connectivity index (χ4n) is 1.99. The SMILES string of the molecule is Cc1ccc(C(=O)O[C@H](C(=O)N(C)C)c2ccccc2)cc1. The van der Waals surface area contributed by atoms with Crippen LogP contribution in [-0.4, -0.2) is 30.9 Å². The van der Waals surface area contributed by atoms with Crippen molar-refractivity contribution in [3.63, 3.8) is 0 Å². The van der Waals surface area contributed by atoms with Crippen LogP contribution < -0.4 is 0 Å². The second-order valence-electron chi connectivity index (χ2n) is 5.29.